The average Bonchev–Trinajstić information content (AvgIpc) is 2.74. The van der Waals surface area contributed by atoms with Crippen molar-refractivity contribution in [3.05, 3.63) is 35.9 Å². The average molecular weight is 274 g/mol. The lowest BCUT2D eigenvalue weighted by Gasteiger charge is -2.20. The summed E-state index contributed by atoms with van der Waals surface area (Å²) in [5.74, 6) is 0.179. The monoisotopic (exact) mass is 274 g/mol. The van der Waals surface area contributed by atoms with Gasteiger partial charge in [-0.15, -0.1) is 0 Å². The number of amides is 1. The predicted molar refractivity (Wildman–Crippen MR) is 82.4 cm³/mol. The number of hydrogen-bond donors (Lipinski definition) is 1. The van der Waals surface area contributed by atoms with Crippen molar-refractivity contribution in [2.45, 2.75) is 51.1 Å². The predicted octanol–water partition coefficient (Wildman–Crippen LogP) is 2.96. The molecular formula is C17H26N2O. The summed E-state index contributed by atoms with van der Waals surface area (Å²) in [4.78, 5) is 13.9. The standard InChI is InChI=1S/C17H26N2O/c1-19(14-15-9-5-4-6-10-15)17(20)13-18-16-11-7-2-3-8-12-16/h4-6,9-10,16,18H,2-3,7-8,11-14H2,1H3. The molecular weight excluding hydrogens is 248 g/mol. The van der Waals surface area contributed by atoms with Gasteiger partial charge in [-0.25, -0.2) is 0 Å². The highest BCUT2D eigenvalue weighted by atomic mass is 16.2. The fourth-order valence-electron chi connectivity index (χ4n) is 2.80. The first-order chi connectivity index (χ1) is 9.75. The van der Waals surface area contributed by atoms with E-state index in [0.29, 0.717) is 19.1 Å². The molecule has 3 nitrogen and oxygen atoms in total. The second-order valence-corrected chi connectivity index (χ2v) is 5.80. The van der Waals surface area contributed by atoms with Gasteiger partial charge in [0.15, 0.2) is 0 Å². The van der Waals surface area contributed by atoms with E-state index in [1.807, 2.05) is 25.2 Å². The third kappa shape index (κ3) is 4.97. The molecule has 0 unspecified atom stereocenters. The Morgan fingerprint density at radius 2 is 1.80 bits per heavy atom. The molecule has 0 saturated heterocycles. The Hall–Kier alpha value is -1.35. The van der Waals surface area contributed by atoms with Gasteiger partial charge >= 0.3 is 0 Å². The molecule has 1 N–H and O–H groups in total. The summed E-state index contributed by atoms with van der Waals surface area (Å²) >= 11 is 0. The summed E-state index contributed by atoms with van der Waals surface area (Å²) < 4.78 is 0. The molecule has 0 aliphatic heterocycles. The molecule has 110 valence electrons. The second-order valence-electron chi connectivity index (χ2n) is 5.80. The van der Waals surface area contributed by atoms with Crippen LogP contribution in [0.15, 0.2) is 30.3 Å². The Bertz CT molecular complexity index is 397. The summed E-state index contributed by atoms with van der Waals surface area (Å²) in [5.41, 5.74) is 1.18. The lowest BCUT2D eigenvalue weighted by Crippen LogP contribution is -2.39. The van der Waals surface area contributed by atoms with Crippen molar-refractivity contribution in [1.82, 2.24) is 10.2 Å². The summed E-state index contributed by atoms with van der Waals surface area (Å²) in [6.07, 6.45) is 7.73. The Labute approximate surface area is 122 Å². The van der Waals surface area contributed by atoms with Gasteiger partial charge in [-0.1, -0.05) is 56.0 Å². The SMILES string of the molecule is CN(Cc1ccccc1)C(=O)CNC1CCCCCC1. The molecule has 0 atom stereocenters. The number of benzene rings is 1. The molecule has 0 spiro atoms. The Morgan fingerprint density at radius 3 is 2.45 bits per heavy atom. The van der Waals surface area contributed by atoms with Crippen LogP contribution in [0.4, 0.5) is 0 Å². The van der Waals surface area contributed by atoms with Crippen LogP contribution in [0, 0.1) is 0 Å². The molecule has 2 rings (SSSR count). The van der Waals surface area contributed by atoms with Gasteiger partial charge in [0.1, 0.15) is 0 Å². The molecule has 0 heterocycles. The lowest BCUT2D eigenvalue weighted by molar-refractivity contribution is -0.129. The molecule has 1 aromatic rings. The van der Waals surface area contributed by atoms with Gasteiger partial charge in [0.05, 0.1) is 6.54 Å². The maximum absolute atomic E-state index is 12.1. The zero-order chi connectivity index (χ0) is 14.2. The summed E-state index contributed by atoms with van der Waals surface area (Å²) in [6, 6.07) is 10.7. The minimum absolute atomic E-state index is 0.179. The zero-order valence-electron chi connectivity index (χ0n) is 12.5. The van der Waals surface area contributed by atoms with Crippen molar-refractivity contribution in [2.24, 2.45) is 0 Å². The highest BCUT2D eigenvalue weighted by Gasteiger charge is 2.14. The largest absolute Gasteiger partial charge is 0.340 e. The van der Waals surface area contributed by atoms with Crippen molar-refractivity contribution in [3.63, 3.8) is 0 Å². The van der Waals surface area contributed by atoms with Crippen LogP contribution in [0.2, 0.25) is 0 Å². The first kappa shape index (κ1) is 15.0. The smallest absolute Gasteiger partial charge is 0.236 e. The first-order valence-corrected chi connectivity index (χ1v) is 7.77. The third-order valence-electron chi connectivity index (χ3n) is 4.09. The van der Waals surface area contributed by atoms with E-state index in [0.717, 1.165) is 0 Å². The molecule has 1 amide bonds. The minimum Gasteiger partial charge on any atom is -0.340 e. The number of carbonyl (C=O) groups is 1. The maximum atomic E-state index is 12.1. The third-order valence-corrected chi connectivity index (χ3v) is 4.09. The molecule has 1 saturated carbocycles. The molecule has 0 bridgehead atoms. The van der Waals surface area contributed by atoms with E-state index >= 15 is 0 Å². The van der Waals surface area contributed by atoms with E-state index in [-0.39, 0.29) is 5.91 Å². The highest BCUT2D eigenvalue weighted by molar-refractivity contribution is 5.78. The minimum atomic E-state index is 0.179. The van der Waals surface area contributed by atoms with Crippen LogP contribution in [-0.2, 0) is 11.3 Å². The Balaban J connectivity index is 1.73. The maximum Gasteiger partial charge on any atom is 0.236 e. The normalized spacial score (nSPS) is 16.6. The van der Waals surface area contributed by atoms with Crippen molar-refractivity contribution in [1.29, 1.82) is 0 Å². The van der Waals surface area contributed by atoms with Crippen molar-refractivity contribution < 1.29 is 4.79 Å². The Morgan fingerprint density at radius 1 is 1.15 bits per heavy atom. The molecule has 1 aliphatic rings. The van der Waals surface area contributed by atoms with E-state index in [1.165, 1.54) is 44.1 Å². The molecule has 1 aliphatic carbocycles. The van der Waals surface area contributed by atoms with Crippen LogP contribution in [-0.4, -0.2) is 30.4 Å². The lowest BCUT2D eigenvalue weighted by atomic mass is 10.1. The fraction of sp³-hybridized carbons (Fsp3) is 0.588. The quantitative estimate of drug-likeness (QED) is 0.837. The van der Waals surface area contributed by atoms with E-state index in [4.69, 9.17) is 0 Å². The molecule has 3 heteroatoms. The first-order valence-electron chi connectivity index (χ1n) is 7.77. The number of nitrogens with zero attached hydrogens (tertiary/aromatic N) is 1. The van der Waals surface area contributed by atoms with Crippen LogP contribution in [0.1, 0.15) is 44.1 Å². The van der Waals surface area contributed by atoms with Gasteiger partial charge < -0.3 is 10.2 Å². The Kier molecular flexibility index (Phi) is 6.06. The van der Waals surface area contributed by atoms with Crippen molar-refractivity contribution >= 4 is 5.91 Å². The fourth-order valence-corrected chi connectivity index (χ4v) is 2.80. The van der Waals surface area contributed by atoms with Gasteiger partial charge in [0, 0.05) is 19.6 Å². The molecule has 0 aromatic heterocycles. The number of hydrogen-bond acceptors (Lipinski definition) is 2. The number of carbonyl (C=O) groups excluding carboxylic acids is 1. The van der Waals surface area contributed by atoms with E-state index in [2.05, 4.69) is 17.4 Å². The van der Waals surface area contributed by atoms with Crippen LogP contribution in [0.3, 0.4) is 0 Å². The summed E-state index contributed by atoms with van der Waals surface area (Å²) in [6.45, 7) is 1.15. The molecule has 1 aromatic carbocycles. The summed E-state index contributed by atoms with van der Waals surface area (Å²) in [5, 5.41) is 3.44. The van der Waals surface area contributed by atoms with Gasteiger partial charge in [0.25, 0.3) is 0 Å². The van der Waals surface area contributed by atoms with Gasteiger partial charge in [-0.3, -0.25) is 4.79 Å². The van der Waals surface area contributed by atoms with Crippen LogP contribution >= 0.6 is 0 Å². The van der Waals surface area contributed by atoms with Gasteiger partial charge in [-0.05, 0) is 18.4 Å². The number of likely N-dealkylation sites (N-methyl/N-ethyl adjacent to an activating group) is 1. The van der Waals surface area contributed by atoms with E-state index in [9.17, 15) is 4.79 Å². The molecule has 0 radical (unpaired) electrons. The highest BCUT2D eigenvalue weighted by Crippen LogP contribution is 2.17. The van der Waals surface area contributed by atoms with Crippen LogP contribution < -0.4 is 5.32 Å². The van der Waals surface area contributed by atoms with Crippen molar-refractivity contribution in [2.75, 3.05) is 13.6 Å². The van der Waals surface area contributed by atoms with E-state index < -0.39 is 0 Å². The molecule has 20 heavy (non-hydrogen) atoms. The zero-order valence-corrected chi connectivity index (χ0v) is 12.5. The van der Waals surface area contributed by atoms with Crippen molar-refractivity contribution in [3.8, 4) is 0 Å². The van der Waals surface area contributed by atoms with Gasteiger partial charge in [0.2, 0.25) is 5.91 Å². The van der Waals surface area contributed by atoms with Gasteiger partial charge in [-0.2, -0.15) is 0 Å². The second kappa shape index (κ2) is 8.05. The number of rotatable bonds is 5. The molecule has 1 fully saturated rings. The van der Waals surface area contributed by atoms with E-state index in [1.54, 1.807) is 4.90 Å². The topological polar surface area (TPSA) is 32.3 Å². The number of nitrogens with one attached hydrogen (secondary N) is 1. The van der Waals surface area contributed by atoms with Crippen LogP contribution in [0.5, 0.6) is 0 Å². The summed E-state index contributed by atoms with van der Waals surface area (Å²) in [7, 11) is 1.88. The van der Waals surface area contributed by atoms with Crippen LogP contribution in [0.25, 0.3) is 0 Å².